The summed E-state index contributed by atoms with van der Waals surface area (Å²) in [6.07, 6.45) is 15.3. The SMILES string of the molecule is Cl.NC1C2CC3CC(C2)CC1C3.O=CO[O-].O=[N+]([O-])c1ccccc1CC1C2CC3CC(C2)CC1C3.O=[N+]([O-])c1ccccc1F.[Cs+].[Cs+].[H-]. The minimum absolute atomic E-state index is 0. The van der Waals surface area contributed by atoms with Gasteiger partial charge in [-0.05, 0) is 130 Å². The summed E-state index contributed by atoms with van der Waals surface area (Å²) in [6.45, 7) is -0.181. The van der Waals surface area contributed by atoms with Crippen molar-refractivity contribution in [1.29, 1.82) is 0 Å². The van der Waals surface area contributed by atoms with Crippen LogP contribution in [-0.2, 0) is 16.1 Å². The molecule has 14 heteroatoms. The van der Waals surface area contributed by atoms with Crippen molar-refractivity contribution in [2.75, 3.05) is 0 Å². The summed E-state index contributed by atoms with van der Waals surface area (Å²) in [4.78, 5) is 31.4. The number of nitrogens with two attached hydrogens (primary N) is 1. The van der Waals surface area contributed by atoms with Gasteiger partial charge in [0, 0.05) is 23.7 Å². The van der Waals surface area contributed by atoms with Crippen LogP contribution in [0.25, 0.3) is 0 Å². The normalized spacial score (nSPS) is 32.1. The predicted molar refractivity (Wildman–Crippen MR) is 171 cm³/mol. The van der Waals surface area contributed by atoms with E-state index in [1.807, 2.05) is 12.1 Å². The molecule has 2 N–H and O–H groups in total. The Kier molecular flexibility index (Phi) is 20.3. The summed E-state index contributed by atoms with van der Waals surface area (Å²) in [5, 5.41) is 29.6. The van der Waals surface area contributed by atoms with Crippen LogP contribution in [0.3, 0.4) is 0 Å². The Hall–Kier alpha value is 0.954. The Morgan fingerprint density at radius 2 is 1.10 bits per heavy atom. The molecule has 0 atom stereocenters. The number of hydrogen-bond donors (Lipinski definition) is 1. The Bertz CT molecular complexity index is 1310. The van der Waals surface area contributed by atoms with E-state index < -0.39 is 16.4 Å². The van der Waals surface area contributed by atoms with Gasteiger partial charge < -0.3 is 17.3 Å². The van der Waals surface area contributed by atoms with Gasteiger partial charge in [0.05, 0.1) is 9.85 Å². The Morgan fingerprint density at radius 1 is 0.729 bits per heavy atom. The molecule has 0 amide bonds. The zero-order valence-electron chi connectivity index (χ0n) is 28.9. The fourth-order valence-corrected chi connectivity index (χ4v) is 10.1. The molecule has 0 aromatic heterocycles. The van der Waals surface area contributed by atoms with Crippen molar-refractivity contribution < 1.29 is 168 Å². The number of hydrogen-bond acceptors (Lipinski definition) is 8. The molecule has 8 aliphatic carbocycles. The van der Waals surface area contributed by atoms with Gasteiger partial charge in [-0.1, -0.05) is 30.3 Å². The van der Waals surface area contributed by atoms with Gasteiger partial charge in [0.1, 0.15) is 0 Å². The van der Waals surface area contributed by atoms with Crippen LogP contribution in [0.4, 0.5) is 15.8 Å². The largest absolute Gasteiger partial charge is 1.00 e. The molecule has 0 spiro atoms. The minimum Gasteiger partial charge on any atom is -1.00 e. The molecule has 10 nitrogen and oxygen atoms in total. The minimum atomic E-state index is -0.799. The van der Waals surface area contributed by atoms with E-state index in [0.717, 1.165) is 71.5 Å². The summed E-state index contributed by atoms with van der Waals surface area (Å²) >= 11 is 0. The molecule has 8 bridgehead atoms. The van der Waals surface area contributed by atoms with Crippen LogP contribution in [0.5, 0.6) is 0 Å². The number of nitro groups is 2. The predicted octanol–water partition coefficient (Wildman–Crippen LogP) is 0.690. The number of nitrogens with zero attached hydrogens (tertiary/aromatic N) is 2. The van der Waals surface area contributed by atoms with Crippen LogP contribution < -0.4 is 149 Å². The molecule has 0 aliphatic heterocycles. The van der Waals surface area contributed by atoms with Crippen molar-refractivity contribution >= 4 is 30.3 Å². The molecule has 2 aromatic carbocycles. The van der Waals surface area contributed by atoms with Gasteiger partial charge in [0.25, 0.3) is 12.2 Å². The Labute approximate surface area is 407 Å². The first-order valence-corrected chi connectivity index (χ1v) is 16.3. The van der Waals surface area contributed by atoms with E-state index in [1.54, 1.807) is 18.6 Å². The van der Waals surface area contributed by atoms with E-state index in [9.17, 15) is 24.6 Å². The van der Waals surface area contributed by atoms with Gasteiger partial charge >= 0.3 is 143 Å². The third-order valence-electron chi connectivity index (χ3n) is 11.5. The molecule has 48 heavy (non-hydrogen) atoms. The standard InChI is InChI=1S/C17H21NO2.C10H17N.C6H4FNO2.CH2O3.ClH.2Cs.H/c19-18(20)17-4-2-1-3-13(17)10-16-14-6-11-5-12(8-14)9-15(16)7-11;11-10-8-2-6-1-7(4-8)5-9(10)3-6;7-5-3-1-2-4-6(5)8(9)10;2-1-4-3;;;;/h1-4,11-12,14-16H,5-10H2;6-10H,1-5,11H2;1-4H;1,3H;1H;;;/q;;;;;2*+1;-1/p-1. The first kappa shape index (κ1) is 45.1. The average molecular weight is 928 g/mol. The smallest absolute Gasteiger partial charge is 1.00 e. The zero-order valence-corrected chi connectivity index (χ0v) is 41.2. The van der Waals surface area contributed by atoms with Crippen LogP contribution in [0.1, 0.15) is 71.2 Å². The van der Waals surface area contributed by atoms with Gasteiger partial charge in [-0.15, -0.1) is 12.4 Å². The van der Waals surface area contributed by atoms with Crippen LogP contribution >= 0.6 is 12.4 Å². The van der Waals surface area contributed by atoms with Gasteiger partial charge in [-0.3, -0.25) is 25.0 Å². The molecule has 8 fully saturated rings. The number of nitro benzene ring substituents is 2. The summed E-state index contributed by atoms with van der Waals surface area (Å²) < 4.78 is 12.4. The molecular formula is C34H45ClCs2FN3O7. The number of para-hydroxylation sites is 2. The van der Waals surface area contributed by atoms with Crippen molar-refractivity contribution in [3.05, 3.63) is 80.1 Å². The second-order valence-corrected chi connectivity index (χ2v) is 14.1. The molecule has 0 saturated heterocycles. The van der Waals surface area contributed by atoms with Crippen LogP contribution in [-0.4, -0.2) is 22.4 Å². The van der Waals surface area contributed by atoms with E-state index in [2.05, 4.69) is 4.89 Å². The molecular weight excluding hydrogens is 883 g/mol. The summed E-state index contributed by atoms with van der Waals surface area (Å²) in [6, 6.07) is 12.9. The third kappa shape index (κ3) is 11.7. The molecule has 2 aromatic rings. The molecule has 10 rings (SSSR count). The van der Waals surface area contributed by atoms with Crippen LogP contribution in [0, 0.1) is 79.3 Å². The van der Waals surface area contributed by atoms with E-state index in [4.69, 9.17) is 15.8 Å². The fraction of sp³-hybridized carbons (Fsp3) is 0.618. The summed E-state index contributed by atoms with van der Waals surface area (Å²) in [5.41, 5.74) is 6.96. The van der Waals surface area contributed by atoms with Crippen LogP contribution in [0.2, 0.25) is 0 Å². The Morgan fingerprint density at radius 3 is 1.48 bits per heavy atom. The van der Waals surface area contributed by atoms with E-state index in [0.29, 0.717) is 17.6 Å². The molecule has 0 heterocycles. The maximum Gasteiger partial charge on any atom is 1.00 e. The van der Waals surface area contributed by atoms with Crippen molar-refractivity contribution in [2.24, 2.45) is 59.0 Å². The average Bonchev–Trinajstić information content (AvgIpc) is 3.02. The van der Waals surface area contributed by atoms with Crippen molar-refractivity contribution in [3.8, 4) is 0 Å². The monoisotopic (exact) mass is 927 g/mol. The van der Waals surface area contributed by atoms with E-state index in [-0.39, 0.29) is 163 Å². The fourth-order valence-electron chi connectivity index (χ4n) is 10.1. The second-order valence-electron chi connectivity index (χ2n) is 14.1. The molecule has 0 radical (unpaired) electrons. The topological polar surface area (TPSA) is 162 Å². The first-order valence-electron chi connectivity index (χ1n) is 16.3. The number of halogens is 2. The van der Waals surface area contributed by atoms with Gasteiger partial charge in [0.15, 0.2) is 0 Å². The van der Waals surface area contributed by atoms with Crippen molar-refractivity contribution in [1.82, 2.24) is 0 Å². The summed E-state index contributed by atoms with van der Waals surface area (Å²) in [7, 11) is 0. The van der Waals surface area contributed by atoms with Crippen molar-refractivity contribution in [3.63, 3.8) is 0 Å². The van der Waals surface area contributed by atoms with E-state index in [1.165, 1.54) is 69.9 Å². The summed E-state index contributed by atoms with van der Waals surface area (Å²) in [5.74, 6) is 7.53. The maximum atomic E-state index is 12.4. The molecule has 8 saturated carbocycles. The number of rotatable bonds is 5. The zero-order chi connectivity index (χ0) is 32.1. The molecule has 0 unspecified atom stereocenters. The maximum absolute atomic E-state index is 12.4. The third-order valence-corrected chi connectivity index (χ3v) is 11.5. The number of benzene rings is 2. The van der Waals surface area contributed by atoms with Gasteiger partial charge in [0.2, 0.25) is 5.82 Å². The number of carbonyl (C=O) groups excluding carboxylic acids is 1. The van der Waals surface area contributed by atoms with Crippen molar-refractivity contribution in [2.45, 2.75) is 76.7 Å². The van der Waals surface area contributed by atoms with Crippen LogP contribution in [0.15, 0.2) is 48.5 Å². The van der Waals surface area contributed by atoms with Gasteiger partial charge in [-0.25, -0.2) is 0 Å². The second kappa shape index (κ2) is 21.6. The number of carbonyl (C=O) groups is 1. The van der Waals surface area contributed by atoms with E-state index >= 15 is 0 Å². The molecule has 254 valence electrons. The quantitative estimate of drug-likeness (QED) is 0.199. The van der Waals surface area contributed by atoms with Gasteiger partial charge in [-0.2, -0.15) is 4.39 Å². The molecule has 8 aliphatic rings. The Balaban J connectivity index is 0.000000357. The first-order chi connectivity index (χ1) is 21.7.